The van der Waals surface area contributed by atoms with Crippen molar-refractivity contribution in [2.24, 2.45) is 0 Å². The minimum atomic E-state index is -3.99. The first-order valence-corrected chi connectivity index (χ1v) is 9.77. The van der Waals surface area contributed by atoms with Crippen LogP contribution in [0.3, 0.4) is 0 Å². The Morgan fingerprint density at radius 3 is 2.65 bits per heavy atom. The molecule has 26 heavy (non-hydrogen) atoms. The molecule has 0 saturated carbocycles. The maximum Gasteiger partial charge on any atom is 0.242 e. The molecule has 0 aromatic heterocycles. The van der Waals surface area contributed by atoms with Crippen LogP contribution in [0.25, 0.3) is 0 Å². The number of benzene rings is 2. The molecule has 1 atom stereocenters. The summed E-state index contributed by atoms with van der Waals surface area (Å²) in [7, 11) is -2.23. The smallest absolute Gasteiger partial charge is 0.242 e. The van der Waals surface area contributed by atoms with E-state index in [-0.39, 0.29) is 12.1 Å². The fraction of sp³-hybridized carbons (Fsp3) is 0.333. The van der Waals surface area contributed by atoms with Crippen LogP contribution in [0.15, 0.2) is 36.4 Å². The van der Waals surface area contributed by atoms with Gasteiger partial charge in [-0.3, -0.25) is 0 Å². The van der Waals surface area contributed by atoms with Crippen molar-refractivity contribution in [2.45, 2.75) is 24.5 Å². The highest BCUT2D eigenvalue weighted by atomic mass is 32.2. The Bertz CT molecular complexity index is 919. The fourth-order valence-corrected chi connectivity index (χ4v) is 5.25. The van der Waals surface area contributed by atoms with Gasteiger partial charge in [0, 0.05) is 0 Å². The molecule has 2 aromatic carbocycles. The molecule has 0 saturated heterocycles. The average Bonchev–Trinajstić information content (AvgIpc) is 2.59. The van der Waals surface area contributed by atoms with Crippen LogP contribution in [-0.2, 0) is 16.4 Å². The lowest BCUT2D eigenvalue weighted by Gasteiger charge is -2.35. The van der Waals surface area contributed by atoms with E-state index in [2.05, 4.69) is 5.32 Å². The van der Waals surface area contributed by atoms with Gasteiger partial charge in [0.2, 0.25) is 10.0 Å². The van der Waals surface area contributed by atoms with E-state index in [4.69, 9.17) is 0 Å². The maximum atomic E-state index is 14.4. The van der Waals surface area contributed by atoms with E-state index in [1.54, 1.807) is 7.05 Å². The number of hydrogen-bond acceptors (Lipinski definition) is 3. The zero-order valence-corrected chi connectivity index (χ0v) is 15.0. The molecular formula is C18H19F3N2O2S. The van der Waals surface area contributed by atoms with Crippen molar-refractivity contribution < 1.29 is 21.6 Å². The summed E-state index contributed by atoms with van der Waals surface area (Å²) in [5, 5.41) is 2.10. The molecular weight excluding hydrogens is 365 g/mol. The summed E-state index contributed by atoms with van der Waals surface area (Å²) in [4.78, 5) is 0. The minimum Gasteiger partial charge on any atom is -0.320 e. The summed E-state index contributed by atoms with van der Waals surface area (Å²) < 4.78 is 68.9. The van der Waals surface area contributed by atoms with E-state index in [0.717, 1.165) is 16.4 Å². The van der Waals surface area contributed by atoms with Gasteiger partial charge in [-0.25, -0.2) is 25.9 Å². The van der Waals surface area contributed by atoms with Gasteiger partial charge in [-0.15, -0.1) is 0 Å². The van der Waals surface area contributed by atoms with Crippen LogP contribution in [-0.4, -0.2) is 27.3 Å². The van der Waals surface area contributed by atoms with Crippen LogP contribution >= 0.6 is 0 Å². The molecule has 0 bridgehead atoms. The second kappa shape index (κ2) is 7.28. The van der Waals surface area contributed by atoms with Gasteiger partial charge in [0.05, 0.1) is 16.6 Å². The van der Waals surface area contributed by atoms with E-state index >= 15 is 0 Å². The van der Waals surface area contributed by atoms with Crippen molar-refractivity contribution in [1.29, 1.82) is 0 Å². The molecule has 140 valence electrons. The predicted octanol–water partition coefficient (Wildman–Crippen LogP) is 3.50. The van der Waals surface area contributed by atoms with E-state index in [1.165, 1.54) is 24.3 Å². The molecule has 0 amide bonds. The number of anilines is 2. The summed E-state index contributed by atoms with van der Waals surface area (Å²) in [6, 6.07) is 7.02. The summed E-state index contributed by atoms with van der Waals surface area (Å²) in [6.45, 7) is 0.621. The first-order chi connectivity index (χ1) is 12.4. The minimum absolute atomic E-state index is 0.132. The van der Waals surface area contributed by atoms with E-state index < -0.39 is 38.4 Å². The van der Waals surface area contributed by atoms with Crippen molar-refractivity contribution in [3.63, 3.8) is 0 Å². The molecule has 1 aliphatic rings. The van der Waals surface area contributed by atoms with Gasteiger partial charge in [-0.1, -0.05) is 6.07 Å². The third kappa shape index (κ3) is 3.31. The van der Waals surface area contributed by atoms with Crippen LogP contribution in [0.1, 0.15) is 18.4 Å². The third-order valence-corrected chi connectivity index (χ3v) is 6.63. The molecule has 1 N–H and O–H groups in total. The normalized spacial score (nSPS) is 18.6. The number of hydrogen-bond donors (Lipinski definition) is 1. The van der Waals surface area contributed by atoms with Gasteiger partial charge >= 0.3 is 0 Å². The number of rotatable bonds is 5. The van der Waals surface area contributed by atoms with Gasteiger partial charge in [0.25, 0.3) is 0 Å². The monoisotopic (exact) mass is 384 g/mol. The molecule has 8 heteroatoms. The number of halogens is 3. The topological polar surface area (TPSA) is 49.4 Å². The second-order valence-corrected chi connectivity index (χ2v) is 8.29. The first-order valence-electron chi connectivity index (χ1n) is 8.27. The van der Waals surface area contributed by atoms with Crippen LogP contribution in [0.4, 0.5) is 24.5 Å². The lowest BCUT2D eigenvalue weighted by Crippen LogP contribution is -2.42. The van der Waals surface area contributed by atoms with Crippen LogP contribution in [0.5, 0.6) is 0 Å². The summed E-state index contributed by atoms with van der Waals surface area (Å²) in [5.74, 6) is -2.89. The highest BCUT2D eigenvalue weighted by Gasteiger charge is 2.40. The van der Waals surface area contributed by atoms with E-state index in [0.29, 0.717) is 24.9 Å². The Morgan fingerprint density at radius 2 is 1.92 bits per heavy atom. The fourth-order valence-electron chi connectivity index (χ4n) is 3.23. The molecule has 4 nitrogen and oxygen atoms in total. The third-order valence-electron chi connectivity index (χ3n) is 4.49. The summed E-state index contributed by atoms with van der Waals surface area (Å²) >= 11 is 0. The Balaban J connectivity index is 2.15. The number of nitrogens with zero attached hydrogens (tertiary/aromatic N) is 1. The Labute approximate surface area is 150 Å². The molecule has 1 unspecified atom stereocenters. The zero-order valence-electron chi connectivity index (χ0n) is 14.2. The quantitative estimate of drug-likeness (QED) is 0.803. The molecule has 0 radical (unpaired) electrons. The van der Waals surface area contributed by atoms with Gasteiger partial charge in [0.15, 0.2) is 11.6 Å². The van der Waals surface area contributed by atoms with Crippen molar-refractivity contribution in [3.05, 3.63) is 59.4 Å². The van der Waals surface area contributed by atoms with Crippen LogP contribution in [0, 0.1) is 17.5 Å². The standard InChI is InChI=1S/C18H19F3N2O2S/c1-22-9-3-4-14-11-12-10-13(19)7-8-16(12)23(26(14,24)25)17-6-2-5-15(20)18(17)21/h2,5-8,10,14,22H,3-4,9,11H2,1H3. The molecule has 2 aromatic rings. The number of nitrogens with one attached hydrogen (secondary N) is 1. The van der Waals surface area contributed by atoms with E-state index in [1.807, 2.05) is 0 Å². The largest absolute Gasteiger partial charge is 0.320 e. The second-order valence-electron chi connectivity index (χ2n) is 6.23. The highest BCUT2D eigenvalue weighted by Crippen LogP contribution is 2.41. The summed E-state index contributed by atoms with van der Waals surface area (Å²) in [5.41, 5.74) is 0.217. The van der Waals surface area contributed by atoms with Crippen LogP contribution < -0.4 is 9.62 Å². The van der Waals surface area contributed by atoms with Crippen molar-refractivity contribution >= 4 is 21.4 Å². The summed E-state index contributed by atoms with van der Waals surface area (Å²) in [6.07, 6.45) is 1.05. The van der Waals surface area contributed by atoms with Gasteiger partial charge in [0.1, 0.15) is 5.82 Å². The van der Waals surface area contributed by atoms with Crippen molar-refractivity contribution in [3.8, 4) is 0 Å². The highest BCUT2D eigenvalue weighted by molar-refractivity contribution is 7.93. The van der Waals surface area contributed by atoms with Crippen molar-refractivity contribution in [1.82, 2.24) is 5.32 Å². The average molecular weight is 384 g/mol. The molecule has 0 spiro atoms. The Kier molecular flexibility index (Phi) is 5.24. The van der Waals surface area contributed by atoms with Gasteiger partial charge < -0.3 is 5.32 Å². The number of fused-ring (bicyclic) bond motifs is 1. The SMILES string of the molecule is CNCCCC1Cc2cc(F)ccc2N(c2cccc(F)c2F)S1(=O)=O. The Hall–Kier alpha value is -2.06. The maximum absolute atomic E-state index is 14.4. The Morgan fingerprint density at radius 1 is 1.15 bits per heavy atom. The van der Waals surface area contributed by atoms with Crippen LogP contribution in [0.2, 0.25) is 0 Å². The zero-order chi connectivity index (χ0) is 18.9. The molecule has 1 heterocycles. The number of sulfonamides is 1. The van der Waals surface area contributed by atoms with E-state index in [9.17, 15) is 21.6 Å². The van der Waals surface area contributed by atoms with Crippen molar-refractivity contribution in [2.75, 3.05) is 17.9 Å². The molecule has 1 aliphatic heterocycles. The first kappa shape index (κ1) is 18.7. The predicted molar refractivity (Wildman–Crippen MR) is 94.5 cm³/mol. The van der Waals surface area contributed by atoms with Gasteiger partial charge in [-0.05, 0) is 68.8 Å². The molecule has 0 fully saturated rings. The lowest BCUT2D eigenvalue weighted by atomic mass is 10.0. The molecule has 3 rings (SSSR count). The van der Waals surface area contributed by atoms with Gasteiger partial charge in [-0.2, -0.15) is 0 Å². The molecule has 0 aliphatic carbocycles. The lowest BCUT2D eigenvalue weighted by molar-refractivity contribution is 0.508.